The van der Waals surface area contributed by atoms with Gasteiger partial charge >= 0.3 is 5.97 Å². The summed E-state index contributed by atoms with van der Waals surface area (Å²) < 4.78 is 4.81. The highest BCUT2D eigenvalue weighted by molar-refractivity contribution is 5.85. The minimum Gasteiger partial charge on any atom is -0.460 e. The van der Waals surface area contributed by atoms with Crippen LogP contribution in [-0.2, 0) is 9.53 Å². The van der Waals surface area contributed by atoms with Gasteiger partial charge in [-0.1, -0.05) is 6.92 Å². The van der Waals surface area contributed by atoms with Gasteiger partial charge in [0.05, 0.1) is 0 Å². The Hall–Kier alpha value is -0.830. The van der Waals surface area contributed by atoms with Crippen molar-refractivity contribution in [1.82, 2.24) is 0 Å². The fourth-order valence-electron chi connectivity index (χ4n) is 1.14. The summed E-state index contributed by atoms with van der Waals surface area (Å²) in [5.41, 5.74) is 5.85. The van der Waals surface area contributed by atoms with Crippen LogP contribution < -0.4 is 5.73 Å². The van der Waals surface area contributed by atoms with Crippen LogP contribution >= 0.6 is 0 Å². The minimum absolute atomic E-state index is 0.306. The summed E-state index contributed by atoms with van der Waals surface area (Å²) in [5, 5.41) is 0. The average molecular weight is 155 g/mol. The number of cyclic esters (lactones) is 1. The lowest BCUT2D eigenvalue weighted by molar-refractivity contribution is -0.148. The summed E-state index contributed by atoms with van der Waals surface area (Å²) in [7, 11) is 0. The topological polar surface area (TPSA) is 52.3 Å². The highest BCUT2D eigenvalue weighted by Crippen LogP contribution is 2.22. The maximum atomic E-state index is 11.2. The molecular formula is C8H13NO2. The number of nitrogens with two attached hydrogens (primary N) is 1. The van der Waals surface area contributed by atoms with Gasteiger partial charge in [-0.3, -0.25) is 0 Å². The predicted octanol–water partition coefficient (Wildman–Crippen LogP) is 0.597. The number of rotatable bonds is 1. The number of ether oxygens (including phenoxy) is 1. The summed E-state index contributed by atoms with van der Waals surface area (Å²) >= 11 is 0. The molecule has 1 aliphatic rings. The maximum absolute atomic E-state index is 11.2. The molecule has 0 fully saturated rings. The van der Waals surface area contributed by atoms with Gasteiger partial charge in [0.1, 0.15) is 12.1 Å². The van der Waals surface area contributed by atoms with Crippen molar-refractivity contribution in [3.63, 3.8) is 0 Å². The van der Waals surface area contributed by atoms with Gasteiger partial charge in [0.15, 0.2) is 0 Å². The molecule has 0 unspecified atom stereocenters. The van der Waals surface area contributed by atoms with E-state index >= 15 is 0 Å². The van der Waals surface area contributed by atoms with Gasteiger partial charge in [0.2, 0.25) is 0 Å². The molecule has 0 bridgehead atoms. The van der Waals surface area contributed by atoms with E-state index in [1.165, 1.54) is 0 Å². The van der Waals surface area contributed by atoms with Crippen LogP contribution in [0.4, 0.5) is 0 Å². The van der Waals surface area contributed by atoms with Gasteiger partial charge in [-0.15, -0.1) is 0 Å². The van der Waals surface area contributed by atoms with Crippen molar-refractivity contribution in [1.29, 1.82) is 0 Å². The molecule has 1 heterocycles. The third-order valence-corrected chi connectivity index (χ3v) is 2.23. The number of carbonyl (C=O) groups excluding carboxylic acids is 1. The lowest BCUT2D eigenvalue weighted by Crippen LogP contribution is -2.51. The van der Waals surface area contributed by atoms with Gasteiger partial charge in [-0.2, -0.15) is 0 Å². The van der Waals surface area contributed by atoms with Gasteiger partial charge in [0.25, 0.3) is 0 Å². The molecule has 2 N–H and O–H groups in total. The minimum atomic E-state index is -0.863. The molecule has 1 rings (SSSR count). The molecule has 0 saturated carbocycles. The molecule has 0 aliphatic carbocycles. The Kier molecular flexibility index (Phi) is 2.00. The molecule has 0 aromatic carbocycles. The van der Waals surface area contributed by atoms with E-state index in [-0.39, 0.29) is 5.97 Å². The van der Waals surface area contributed by atoms with Gasteiger partial charge in [0, 0.05) is 0 Å². The van der Waals surface area contributed by atoms with Crippen LogP contribution in [-0.4, -0.2) is 18.1 Å². The third-order valence-electron chi connectivity index (χ3n) is 2.23. The molecule has 0 radical (unpaired) electrons. The molecule has 0 saturated heterocycles. The standard InChI is InChI=1S/C8H13NO2/c1-3-8(9)6(2)4-5-11-7(8)10/h4H,3,5,9H2,1-2H3/t8-/m1/s1. The molecule has 3 heteroatoms. The largest absolute Gasteiger partial charge is 0.460 e. The number of hydrogen-bond acceptors (Lipinski definition) is 3. The molecule has 0 spiro atoms. The zero-order valence-corrected chi connectivity index (χ0v) is 6.89. The Morgan fingerprint density at radius 3 is 2.82 bits per heavy atom. The van der Waals surface area contributed by atoms with Crippen LogP contribution in [0.5, 0.6) is 0 Å². The zero-order chi connectivity index (χ0) is 8.48. The Morgan fingerprint density at radius 2 is 2.45 bits per heavy atom. The van der Waals surface area contributed by atoms with E-state index in [1.807, 2.05) is 19.9 Å². The van der Waals surface area contributed by atoms with Crippen LogP contribution in [0.3, 0.4) is 0 Å². The fraction of sp³-hybridized carbons (Fsp3) is 0.625. The number of carbonyl (C=O) groups is 1. The summed E-state index contributed by atoms with van der Waals surface area (Å²) in [6.45, 7) is 4.11. The van der Waals surface area contributed by atoms with E-state index in [9.17, 15) is 4.79 Å². The Labute approximate surface area is 66.2 Å². The second-order valence-electron chi connectivity index (χ2n) is 2.81. The number of hydrogen-bond donors (Lipinski definition) is 1. The van der Waals surface area contributed by atoms with E-state index in [2.05, 4.69) is 0 Å². The average Bonchev–Trinajstić information content (AvgIpc) is 2.00. The quantitative estimate of drug-likeness (QED) is 0.445. The van der Waals surface area contributed by atoms with E-state index in [0.717, 1.165) is 5.57 Å². The van der Waals surface area contributed by atoms with Crippen LogP contribution in [0.25, 0.3) is 0 Å². The molecule has 11 heavy (non-hydrogen) atoms. The van der Waals surface area contributed by atoms with Crippen molar-refractivity contribution in [3.8, 4) is 0 Å². The van der Waals surface area contributed by atoms with Crippen LogP contribution in [0, 0.1) is 0 Å². The van der Waals surface area contributed by atoms with Gasteiger partial charge < -0.3 is 10.5 Å². The molecule has 3 nitrogen and oxygen atoms in total. The summed E-state index contributed by atoms with van der Waals surface area (Å²) in [6, 6.07) is 0. The first-order chi connectivity index (χ1) is 5.11. The molecule has 0 amide bonds. The van der Waals surface area contributed by atoms with E-state index < -0.39 is 5.54 Å². The van der Waals surface area contributed by atoms with Gasteiger partial charge in [-0.05, 0) is 25.0 Å². The van der Waals surface area contributed by atoms with Gasteiger partial charge in [-0.25, -0.2) is 4.79 Å². The predicted molar refractivity (Wildman–Crippen MR) is 41.9 cm³/mol. The Bertz CT molecular complexity index is 210. The van der Waals surface area contributed by atoms with Crippen molar-refractivity contribution in [2.45, 2.75) is 25.8 Å². The second kappa shape index (κ2) is 2.66. The van der Waals surface area contributed by atoms with E-state index in [4.69, 9.17) is 10.5 Å². The Balaban J connectivity index is 2.96. The van der Waals surface area contributed by atoms with Crippen molar-refractivity contribution < 1.29 is 9.53 Å². The lowest BCUT2D eigenvalue weighted by Gasteiger charge is -2.29. The molecule has 62 valence electrons. The molecule has 1 atom stereocenters. The fourth-order valence-corrected chi connectivity index (χ4v) is 1.14. The van der Waals surface area contributed by atoms with Crippen molar-refractivity contribution >= 4 is 5.97 Å². The molecule has 1 aliphatic heterocycles. The summed E-state index contributed by atoms with van der Waals surface area (Å²) in [4.78, 5) is 11.2. The van der Waals surface area contributed by atoms with E-state index in [1.54, 1.807) is 0 Å². The van der Waals surface area contributed by atoms with Crippen LogP contribution in [0.15, 0.2) is 11.6 Å². The normalized spacial score (nSPS) is 31.2. The van der Waals surface area contributed by atoms with E-state index in [0.29, 0.717) is 13.0 Å². The zero-order valence-electron chi connectivity index (χ0n) is 6.89. The van der Waals surface area contributed by atoms with Crippen molar-refractivity contribution in [2.75, 3.05) is 6.61 Å². The smallest absolute Gasteiger partial charge is 0.330 e. The highest BCUT2D eigenvalue weighted by atomic mass is 16.5. The maximum Gasteiger partial charge on any atom is 0.330 e. The van der Waals surface area contributed by atoms with Crippen molar-refractivity contribution in [3.05, 3.63) is 11.6 Å². The first kappa shape index (κ1) is 8.27. The van der Waals surface area contributed by atoms with Crippen molar-refractivity contribution in [2.24, 2.45) is 5.73 Å². The summed E-state index contributed by atoms with van der Waals surface area (Å²) in [6.07, 6.45) is 2.44. The first-order valence-corrected chi connectivity index (χ1v) is 3.74. The van der Waals surface area contributed by atoms with Crippen LogP contribution in [0.1, 0.15) is 20.3 Å². The molecule has 0 aromatic rings. The first-order valence-electron chi connectivity index (χ1n) is 3.74. The summed E-state index contributed by atoms with van der Waals surface area (Å²) in [5.74, 6) is -0.306. The molecular weight excluding hydrogens is 142 g/mol. The monoisotopic (exact) mass is 155 g/mol. The SMILES string of the molecule is CC[C@]1(N)C(=O)OCC=C1C. The third kappa shape index (κ3) is 1.16. The Morgan fingerprint density at radius 1 is 1.82 bits per heavy atom. The lowest BCUT2D eigenvalue weighted by atomic mass is 9.88. The second-order valence-corrected chi connectivity index (χ2v) is 2.81. The number of esters is 1. The van der Waals surface area contributed by atoms with Crippen LogP contribution in [0.2, 0.25) is 0 Å². The highest BCUT2D eigenvalue weighted by Gasteiger charge is 2.37. The molecule has 0 aromatic heterocycles.